The summed E-state index contributed by atoms with van der Waals surface area (Å²) >= 11 is 1.69. The zero-order valence-corrected chi connectivity index (χ0v) is 26.9. The second-order valence-electron chi connectivity index (χ2n) is 2.36. The van der Waals surface area contributed by atoms with Crippen LogP contribution in [0.25, 0.3) is 0 Å². The molecule has 0 heterocycles. The number of hydrogen-bond donors (Lipinski definition) is 13. The highest BCUT2D eigenvalue weighted by Crippen LogP contribution is 2.05. The van der Waals surface area contributed by atoms with Crippen LogP contribution in [-0.2, 0) is 75.9 Å². The summed E-state index contributed by atoms with van der Waals surface area (Å²) in [5.41, 5.74) is 0. The van der Waals surface area contributed by atoms with Crippen LogP contribution in [0, 0.1) is 0 Å². The minimum absolute atomic E-state index is 0. The smallest absolute Gasteiger partial charge is 0.565 e. The summed E-state index contributed by atoms with van der Waals surface area (Å²) in [5, 5.41) is 114. The summed E-state index contributed by atoms with van der Waals surface area (Å²) in [6.45, 7) is 0. The second kappa shape index (κ2) is 83.7. The summed E-state index contributed by atoms with van der Waals surface area (Å²) in [4.78, 5) is 8.93. The van der Waals surface area contributed by atoms with E-state index in [-0.39, 0.29) is 18.8 Å². The molecular formula is H23Al2B2O30P6. The third-order valence-corrected chi connectivity index (χ3v) is 1.46. The van der Waals surface area contributed by atoms with Crippen molar-refractivity contribution in [2.75, 3.05) is 0 Å². The van der Waals surface area contributed by atoms with E-state index in [1.54, 1.807) is 45.0 Å². The molecule has 30 nitrogen and oxygen atoms in total. The van der Waals surface area contributed by atoms with Gasteiger partial charge in [-0.15, -0.1) is 0 Å². The maximum Gasteiger partial charge on any atom is 0.631 e. The Hall–Kier alpha value is 2.28. The molecule has 13 N–H and O–H groups in total. The van der Waals surface area contributed by atoms with Crippen molar-refractivity contribution in [1.29, 1.82) is 0 Å². The third-order valence-electron chi connectivity index (χ3n) is 0.547. The Kier molecular flexibility index (Phi) is 136. The van der Waals surface area contributed by atoms with Crippen molar-refractivity contribution < 1.29 is 149 Å². The van der Waals surface area contributed by atoms with E-state index in [4.69, 9.17) is 76.6 Å². The van der Waals surface area contributed by atoms with Crippen molar-refractivity contribution in [2.45, 2.75) is 0 Å². The summed E-state index contributed by atoms with van der Waals surface area (Å²) < 4.78 is 39.3. The Bertz CT molecular complexity index is 279. The van der Waals surface area contributed by atoms with Crippen molar-refractivity contribution in [3.05, 3.63) is 0 Å². The summed E-state index contributed by atoms with van der Waals surface area (Å²) in [6, 6.07) is 0. The molecule has 0 amide bonds. The van der Waals surface area contributed by atoms with E-state index in [0.717, 1.165) is 0 Å². The fourth-order valence-electron chi connectivity index (χ4n) is 0.0860. The van der Waals surface area contributed by atoms with Gasteiger partial charge in [-0.1, -0.05) is 0 Å². The van der Waals surface area contributed by atoms with Crippen molar-refractivity contribution in [1.82, 2.24) is 0 Å². The molecule has 0 aromatic carbocycles. The largest absolute Gasteiger partial charge is 0.631 e. The molecule has 40 heavy (non-hydrogen) atoms. The van der Waals surface area contributed by atoms with Gasteiger partial charge in [-0.2, -0.15) is 32.7 Å². The summed E-state index contributed by atoms with van der Waals surface area (Å²) in [5.74, 6) is 0. The van der Waals surface area contributed by atoms with Gasteiger partial charge >= 0.3 is 39.5 Å². The van der Waals surface area contributed by atoms with Gasteiger partial charge in [-0.25, -0.2) is 42.1 Å². The van der Waals surface area contributed by atoms with Crippen LogP contribution in [0.2, 0.25) is 0 Å². The molecule has 0 fully saturated rings. The molecule has 0 saturated heterocycles. The van der Waals surface area contributed by atoms with Gasteiger partial charge in [0, 0.05) is 51.9 Å². The minimum Gasteiger partial charge on any atom is -0.565 e. The lowest BCUT2D eigenvalue weighted by Crippen LogP contribution is -2.13. The van der Waals surface area contributed by atoms with Gasteiger partial charge in [-0.3, -0.25) is 0 Å². The fourth-order valence-corrected chi connectivity index (χ4v) is 0.258. The highest BCUT2D eigenvalue weighted by molar-refractivity contribution is 7.30. The molecule has 5 radical (unpaired) electrons. The zero-order chi connectivity index (χ0) is 32.8. The van der Waals surface area contributed by atoms with Crippen LogP contribution in [0.5, 0.6) is 0 Å². The lowest BCUT2D eigenvalue weighted by Gasteiger charge is -1.87. The predicted molar refractivity (Wildman–Crippen MR) is 127 cm³/mol. The van der Waals surface area contributed by atoms with Gasteiger partial charge in [0.25, 0.3) is 0 Å². The van der Waals surface area contributed by atoms with Gasteiger partial charge in [0.15, 0.2) is 0 Å². The lowest BCUT2D eigenvalue weighted by molar-refractivity contribution is -0.592. The molecule has 0 aliphatic heterocycles. The van der Waals surface area contributed by atoms with Gasteiger partial charge < -0.3 is 33.7 Å². The maximum atomic E-state index is 8.93. The molecule has 0 bridgehead atoms. The van der Waals surface area contributed by atoms with E-state index >= 15 is 0 Å². The average molecular weight is 765 g/mol. The molecule has 40 heteroatoms. The molecule has 0 aromatic heterocycles. The first-order chi connectivity index (χ1) is 18.3. The standard InChI is InChI=1S/2Al.BH3O3.BH2O3.HO4P.5H3O4P.H2/c;;2*2-1(3)4;1-4-5(2)3;2*1-3-5-4-2;3*1-2-3-4-5;/h;;2-4H;2-3H;1H;2*1-2,5H;3*1H,5H2;1H/q;+1;;-1;;;;;;;. The zero-order valence-electron chi connectivity index (χ0n) is 18.2. The van der Waals surface area contributed by atoms with Gasteiger partial charge in [0.1, 0.15) is 0 Å². The van der Waals surface area contributed by atoms with Crippen LogP contribution in [0.15, 0.2) is 0 Å². The Labute approximate surface area is 252 Å². The van der Waals surface area contributed by atoms with E-state index in [2.05, 4.69) is 71.3 Å². The first kappa shape index (κ1) is 65.1. The monoisotopic (exact) mass is 765 g/mol. The van der Waals surface area contributed by atoms with Gasteiger partial charge in [-0.05, 0) is 34.8 Å². The maximum absolute atomic E-state index is 8.93. The van der Waals surface area contributed by atoms with Crippen LogP contribution >= 0.6 is 54.7 Å². The fraction of sp³-hybridized carbons (Fsp3) is 0. The Balaban J connectivity index is -0.0000000333. The molecule has 245 valence electrons. The summed E-state index contributed by atoms with van der Waals surface area (Å²) in [6.07, 6.45) is 0. The Morgan fingerprint density at radius 1 is 0.675 bits per heavy atom. The van der Waals surface area contributed by atoms with E-state index in [1.807, 2.05) is 0 Å². The Morgan fingerprint density at radius 2 is 0.850 bits per heavy atom. The normalized spacial score (nSPS) is 8.28. The lowest BCUT2D eigenvalue weighted by atomic mass is 10.3. The number of rotatable bonds is 12. The predicted octanol–water partition coefficient (Wildman–Crippen LogP) is -3.30. The van der Waals surface area contributed by atoms with Gasteiger partial charge in [0.2, 0.25) is 18.1 Å². The summed E-state index contributed by atoms with van der Waals surface area (Å²) in [7, 11) is -3.17. The molecule has 0 spiro atoms. The number of hydrogen-bond acceptors (Lipinski definition) is 30. The first-order valence-corrected chi connectivity index (χ1v) is 10.9. The van der Waals surface area contributed by atoms with E-state index in [0.29, 0.717) is 0 Å². The molecule has 0 aliphatic rings. The SMILES string of the molecule is O=[P+]([O-])OO.OB(O)O.OB(O)[O][Al].OOOOP.OOOOP.OOOOP.OOPOO.OOPOO.[Al].[HH]. The molecule has 0 aliphatic carbocycles. The van der Waals surface area contributed by atoms with Crippen LogP contribution in [0.3, 0.4) is 0 Å². The Morgan fingerprint density at radius 3 is 0.850 bits per heavy atom. The van der Waals surface area contributed by atoms with E-state index < -0.39 is 41.0 Å². The molecular weight excluding hydrogens is 741 g/mol. The third kappa shape index (κ3) is 234. The molecule has 0 rings (SSSR count). The average Bonchev–Trinajstić information content (AvgIpc) is 2.88. The van der Waals surface area contributed by atoms with Crippen molar-refractivity contribution in [3.63, 3.8) is 0 Å². The molecule has 0 aromatic rings. The second-order valence-corrected chi connectivity index (χ2v) is 4.89. The van der Waals surface area contributed by atoms with Crippen molar-refractivity contribution in [3.8, 4) is 0 Å². The van der Waals surface area contributed by atoms with Gasteiger partial charge in [0.05, 0.1) is 0 Å². The van der Waals surface area contributed by atoms with Crippen LogP contribution in [0.1, 0.15) is 1.43 Å². The van der Waals surface area contributed by atoms with Crippen LogP contribution < -0.4 is 4.89 Å². The minimum atomic E-state index is -3.04. The van der Waals surface area contributed by atoms with Crippen LogP contribution in [-0.4, -0.2) is 116 Å². The quantitative estimate of drug-likeness (QED) is 0.0400. The van der Waals surface area contributed by atoms with Crippen molar-refractivity contribution >= 4 is 103 Å². The highest BCUT2D eigenvalue weighted by atomic mass is 31.1. The van der Waals surface area contributed by atoms with Crippen LogP contribution in [0.4, 0.5) is 0 Å². The molecule has 4 unspecified atom stereocenters. The molecule has 4 atom stereocenters. The highest BCUT2D eigenvalue weighted by Gasteiger charge is 1.98. The first-order valence-electron chi connectivity index (χ1n) is 6.29. The van der Waals surface area contributed by atoms with E-state index in [1.165, 1.54) is 0 Å². The van der Waals surface area contributed by atoms with Crippen molar-refractivity contribution in [2.24, 2.45) is 0 Å². The topological polar surface area (TPSA) is 442 Å². The van der Waals surface area contributed by atoms with E-state index in [9.17, 15) is 0 Å². The molecule has 0 saturated carbocycles.